The van der Waals surface area contributed by atoms with Gasteiger partial charge in [-0.3, -0.25) is 4.98 Å². The lowest BCUT2D eigenvalue weighted by Crippen LogP contribution is -2.36. The van der Waals surface area contributed by atoms with E-state index < -0.39 is 16.2 Å². The predicted octanol–water partition coefficient (Wildman–Crippen LogP) is 18.3. The summed E-state index contributed by atoms with van der Waals surface area (Å²) in [6, 6.07) is 107. The van der Waals surface area contributed by atoms with Crippen LogP contribution in [0.5, 0.6) is 0 Å². The summed E-state index contributed by atoms with van der Waals surface area (Å²) in [5.41, 5.74) is 22.7. The third kappa shape index (κ3) is 7.28. The Bertz CT molecular complexity index is 4680. The number of nitriles is 1. The van der Waals surface area contributed by atoms with Crippen LogP contribution in [-0.2, 0) is 41.9 Å². The highest BCUT2D eigenvalue weighted by molar-refractivity contribution is 6.26. The van der Waals surface area contributed by atoms with Gasteiger partial charge in [-0.05, 0) is 134 Å². The molecule has 0 N–H and O–H groups in total. The van der Waals surface area contributed by atoms with Crippen LogP contribution < -0.4 is 0 Å². The number of nitrogens with zero attached hydrogens (tertiary/aromatic N) is 3. The summed E-state index contributed by atoms with van der Waals surface area (Å²) in [5, 5.41) is 16.7. The molecule has 0 aliphatic heterocycles. The van der Waals surface area contributed by atoms with Crippen molar-refractivity contribution in [3.8, 4) is 6.07 Å². The van der Waals surface area contributed by atoms with Gasteiger partial charge in [0.25, 0.3) is 0 Å². The van der Waals surface area contributed by atoms with Crippen molar-refractivity contribution in [1.29, 1.82) is 5.26 Å². The lowest BCUT2D eigenvalue weighted by atomic mass is 9.59. The molecule has 85 heavy (non-hydrogen) atoms. The molecular formula is C82H59N3. The number of pyridine rings is 1. The van der Waals surface area contributed by atoms with E-state index in [9.17, 15) is 5.26 Å². The highest BCUT2D eigenvalue weighted by atomic mass is 14.9. The molecule has 14 aromatic rings. The summed E-state index contributed by atoms with van der Waals surface area (Å²) in [6.07, 6.45) is 6.46. The summed E-state index contributed by atoms with van der Waals surface area (Å²) in [6.45, 7) is 0. The second-order valence-corrected chi connectivity index (χ2v) is 24.6. The van der Waals surface area contributed by atoms with Crippen LogP contribution in [0.2, 0.25) is 0 Å². The Morgan fingerprint density at radius 3 is 1.21 bits per heavy atom. The molecular weight excluding hydrogens is 1030 g/mol. The molecule has 4 aliphatic carbocycles. The van der Waals surface area contributed by atoms with Crippen LogP contribution in [0.25, 0.3) is 38.1 Å². The molecule has 18 rings (SSSR count). The third-order valence-electron chi connectivity index (χ3n) is 20.0. The van der Waals surface area contributed by atoms with Crippen LogP contribution in [0.15, 0.2) is 285 Å². The van der Waals surface area contributed by atoms with Crippen LogP contribution in [0, 0.1) is 11.3 Å². The minimum Gasteiger partial charge on any atom is -0.306 e. The number of hydrogen-bond acceptors (Lipinski definition) is 2. The zero-order valence-electron chi connectivity index (χ0n) is 47.2. The molecule has 3 heterocycles. The Labute approximate surface area is 496 Å². The zero-order valence-corrected chi connectivity index (χ0v) is 47.2. The Kier molecular flexibility index (Phi) is 11.2. The second-order valence-electron chi connectivity index (χ2n) is 24.6. The smallest absolute Gasteiger partial charge is 0.0995 e. The molecule has 0 unspecified atom stereocenters. The van der Waals surface area contributed by atoms with Crippen LogP contribution in [0.1, 0.15) is 113 Å². The molecule has 4 aliphatic rings. The van der Waals surface area contributed by atoms with Gasteiger partial charge in [0.2, 0.25) is 0 Å². The van der Waals surface area contributed by atoms with E-state index in [0.29, 0.717) is 0 Å². The lowest BCUT2D eigenvalue weighted by Gasteiger charge is -2.43. The van der Waals surface area contributed by atoms with E-state index in [2.05, 4.69) is 296 Å². The first-order valence-electron chi connectivity index (χ1n) is 30.2. The highest BCUT2D eigenvalue weighted by Crippen LogP contribution is 2.63. The van der Waals surface area contributed by atoms with Gasteiger partial charge < -0.3 is 4.40 Å². The SMILES string of the molecule is N#Cc1cc2c(c3c1C1c4ccccc4C3c3ccccc31)c1cc(C(c3ccccc3)(c3ccccc3)c3ccccc3)cc3c4c5c(ncc4n2c13)C(Cc1ccccc1)(Cc1ccccc1)CC5(Cc1ccccc1)Cc1ccccc1. The van der Waals surface area contributed by atoms with Gasteiger partial charge >= 0.3 is 0 Å². The van der Waals surface area contributed by atoms with Gasteiger partial charge in [0.1, 0.15) is 0 Å². The number of fused-ring (bicyclic) bond motifs is 8. The highest BCUT2D eigenvalue weighted by Gasteiger charge is 2.55. The Morgan fingerprint density at radius 1 is 0.412 bits per heavy atom. The first-order valence-corrected chi connectivity index (χ1v) is 30.2. The molecule has 0 amide bonds. The maximum absolute atomic E-state index is 11.8. The van der Waals surface area contributed by atoms with Crippen molar-refractivity contribution in [2.75, 3.05) is 0 Å². The summed E-state index contributed by atoms with van der Waals surface area (Å²) in [5.74, 6) is -0.154. The van der Waals surface area contributed by atoms with Gasteiger partial charge in [0.05, 0.1) is 45.5 Å². The van der Waals surface area contributed by atoms with Crippen LogP contribution in [0.4, 0.5) is 0 Å². The van der Waals surface area contributed by atoms with Crippen molar-refractivity contribution in [1.82, 2.24) is 9.38 Å². The van der Waals surface area contributed by atoms with E-state index in [1.165, 1.54) is 111 Å². The molecule has 0 saturated carbocycles. The molecule has 0 fully saturated rings. The van der Waals surface area contributed by atoms with E-state index in [1.807, 2.05) is 0 Å². The summed E-state index contributed by atoms with van der Waals surface area (Å²) in [4.78, 5) is 6.07. The first kappa shape index (κ1) is 49.5. The van der Waals surface area contributed by atoms with Gasteiger partial charge in [0, 0.05) is 44.2 Å². The van der Waals surface area contributed by atoms with Crippen molar-refractivity contribution in [3.05, 3.63) is 380 Å². The quantitative estimate of drug-likeness (QED) is 0.114. The largest absolute Gasteiger partial charge is 0.306 e. The van der Waals surface area contributed by atoms with Gasteiger partial charge in [0.15, 0.2) is 0 Å². The molecule has 0 atom stereocenters. The normalized spacial score (nSPS) is 16.1. The fraction of sp³-hybridized carbons (Fsp3) is 0.122. The summed E-state index contributed by atoms with van der Waals surface area (Å²) >= 11 is 0. The molecule has 402 valence electrons. The zero-order chi connectivity index (χ0) is 56.3. The van der Waals surface area contributed by atoms with Gasteiger partial charge in [-0.15, -0.1) is 0 Å². The van der Waals surface area contributed by atoms with E-state index in [-0.39, 0.29) is 11.8 Å². The number of benzene rings is 11. The van der Waals surface area contributed by atoms with Crippen molar-refractivity contribution < 1.29 is 0 Å². The fourth-order valence-corrected chi connectivity index (χ4v) is 17.2. The first-order chi connectivity index (χ1) is 42.0. The van der Waals surface area contributed by atoms with Crippen molar-refractivity contribution in [2.45, 2.75) is 60.2 Å². The Morgan fingerprint density at radius 2 is 0.788 bits per heavy atom. The maximum atomic E-state index is 11.8. The van der Waals surface area contributed by atoms with Gasteiger partial charge in [-0.25, -0.2) is 0 Å². The van der Waals surface area contributed by atoms with Crippen LogP contribution >= 0.6 is 0 Å². The number of rotatable bonds is 12. The minimum absolute atomic E-state index is 0.0745. The van der Waals surface area contributed by atoms with E-state index in [4.69, 9.17) is 4.98 Å². The average molecular weight is 1090 g/mol. The third-order valence-corrected chi connectivity index (χ3v) is 20.0. The Balaban J connectivity index is 1.09. The molecule has 11 aromatic carbocycles. The monoisotopic (exact) mass is 1090 g/mol. The molecule has 3 aromatic heterocycles. The van der Waals surface area contributed by atoms with E-state index in [0.717, 1.165) is 54.3 Å². The summed E-state index contributed by atoms with van der Waals surface area (Å²) in [7, 11) is 0. The maximum Gasteiger partial charge on any atom is 0.0995 e. The van der Waals surface area contributed by atoms with E-state index >= 15 is 0 Å². The molecule has 3 heteroatoms. The second kappa shape index (κ2) is 19.2. The predicted molar refractivity (Wildman–Crippen MR) is 345 cm³/mol. The van der Waals surface area contributed by atoms with Crippen molar-refractivity contribution >= 4 is 38.1 Å². The van der Waals surface area contributed by atoms with Crippen molar-refractivity contribution in [3.63, 3.8) is 0 Å². The lowest BCUT2D eigenvalue weighted by molar-refractivity contribution is 0.303. The minimum atomic E-state index is -0.762. The summed E-state index contributed by atoms with van der Waals surface area (Å²) < 4.78 is 2.56. The Hall–Kier alpha value is -10.1. The molecule has 3 nitrogen and oxygen atoms in total. The van der Waals surface area contributed by atoms with Gasteiger partial charge in [-0.1, -0.05) is 261 Å². The van der Waals surface area contributed by atoms with Crippen LogP contribution in [0.3, 0.4) is 0 Å². The topological polar surface area (TPSA) is 41.1 Å². The average Bonchev–Trinajstić information content (AvgIpc) is 1.58. The van der Waals surface area contributed by atoms with Crippen LogP contribution in [-0.4, -0.2) is 9.38 Å². The fourth-order valence-electron chi connectivity index (χ4n) is 17.2. The molecule has 0 spiro atoms. The van der Waals surface area contributed by atoms with Crippen molar-refractivity contribution in [2.24, 2.45) is 0 Å². The molecule has 0 saturated heterocycles. The number of hydrogen-bond donors (Lipinski definition) is 0. The standard InChI is InChI=1S/C82H59N3/c83-51-58-44-69-74(76-71(58)72-63-40-22-24-42-65(63)73(76)66-43-25-23-41-64(66)72)67-45-62(82(59-34-16-5-17-35-59,60-36-18-6-19-37-60)61-38-20-7-21-39-61)46-68-75-70(85(69)78(67)68)52-84-79-77(75)80(47-54-26-8-1-9-27-54,48-55-28-10-2-11-29-55)53-81(79,49-56-30-12-3-13-31-56)50-57-32-14-4-15-33-57/h1-46,52,72-73H,47-50,53H2. The van der Waals surface area contributed by atoms with E-state index in [1.54, 1.807) is 0 Å². The van der Waals surface area contributed by atoms with Gasteiger partial charge in [-0.2, -0.15) is 5.26 Å². The number of aromatic nitrogens is 2. The molecule has 0 radical (unpaired) electrons. The molecule has 2 bridgehead atoms.